The number of amides is 2. The van der Waals surface area contributed by atoms with Crippen LogP contribution in [0.2, 0.25) is 0 Å². The Morgan fingerprint density at radius 2 is 1.78 bits per heavy atom. The third kappa shape index (κ3) is 4.61. The monoisotopic (exact) mass is 371 g/mol. The van der Waals surface area contributed by atoms with Gasteiger partial charge in [0, 0.05) is 50.4 Å². The number of hydrogen-bond donors (Lipinski definition) is 1. The van der Waals surface area contributed by atoms with Crippen molar-refractivity contribution in [2.75, 3.05) is 25.5 Å². The van der Waals surface area contributed by atoms with E-state index in [4.69, 9.17) is 9.47 Å². The van der Waals surface area contributed by atoms with E-state index in [1.165, 1.54) is 6.07 Å². The lowest BCUT2D eigenvalue weighted by Crippen LogP contribution is -2.43. The minimum absolute atomic E-state index is 0.00143. The highest BCUT2D eigenvalue weighted by molar-refractivity contribution is 5.89. The smallest absolute Gasteiger partial charge is 0.321 e. The number of carbonyl (C=O) groups is 1. The number of pyridine rings is 1. The van der Waals surface area contributed by atoms with E-state index in [1.807, 2.05) is 37.3 Å². The Balaban J connectivity index is 1.52. The Bertz CT molecular complexity index is 853. The second-order valence-corrected chi connectivity index (χ2v) is 6.69. The highest BCUT2D eigenvalue weighted by atomic mass is 16.5. The number of nitrogens with zero attached hydrogens (tertiary/aromatic N) is 2. The quantitative estimate of drug-likeness (QED) is 0.897. The maximum Gasteiger partial charge on any atom is 0.321 e. The summed E-state index contributed by atoms with van der Waals surface area (Å²) < 4.78 is 12.7. The molecule has 1 aliphatic rings. The first-order chi connectivity index (χ1) is 13.0. The number of urea groups is 1. The summed E-state index contributed by atoms with van der Waals surface area (Å²) in [4.78, 5) is 26.1. The number of aryl methyl sites for hydroxylation is 1. The Morgan fingerprint density at radius 3 is 2.37 bits per heavy atom. The van der Waals surface area contributed by atoms with Gasteiger partial charge in [0.1, 0.15) is 17.6 Å². The molecule has 0 spiro atoms. The number of methoxy groups -OCH3 is 1. The summed E-state index contributed by atoms with van der Waals surface area (Å²) in [5.74, 6) is 1.34. The number of nitrogens with one attached hydrogen (secondary N) is 1. The molecule has 0 radical (unpaired) electrons. The summed E-state index contributed by atoms with van der Waals surface area (Å²) in [6, 6.07) is 10.5. The average Bonchev–Trinajstić information content (AvgIpc) is 2.67. The van der Waals surface area contributed by atoms with E-state index >= 15 is 0 Å². The van der Waals surface area contributed by atoms with Crippen LogP contribution in [0, 0.1) is 6.92 Å². The second kappa shape index (κ2) is 8.16. The van der Waals surface area contributed by atoms with Crippen LogP contribution in [0.4, 0.5) is 10.5 Å². The van der Waals surface area contributed by atoms with Gasteiger partial charge in [-0.1, -0.05) is 0 Å². The van der Waals surface area contributed by atoms with Gasteiger partial charge in [-0.2, -0.15) is 0 Å². The molecule has 2 aromatic rings. The zero-order chi connectivity index (χ0) is 19.4. The van der Waals surface area contributed by atoms with Crippen molar-refractivity contribution in [3.63, 3.8) is 0 Å². The van der Waals surface area contributed by atoms with Crippen molar-refractivity contribution in [3.05, 3.63) is 52.4 Å². The van der Waals surface area contributed by atoms with Crippen LogP contribution in [0.25, 0.3) is 0 Å². The van der Waals surface area contributed by atoms with Crippen molar-refractivity contribution in [1.82, 2.24) is 9.47 Å². The predicted molar refractivity (Wildman–Crippen MR) is 104 cm³/mol. The van der Waals surface area contributed by atoms with Crippen molar-refractivity contribution in [2.45, 2.75) is 25.9 Å². The molecule has 1 aromatic carbocycles. The van der Waals surface area contributed by atoms with E-state index in [-0.39, 0.29) is 17.7 Å². The van der Waals surface area contributed by atoms with Gasteiger partial charge in [0.05, 0.1) is 7.11 Å². The third-order valence-corrected chi connectivity index (χ3v) is 4.85. The third-order valence-electron chi connectivity index (χ3n) is 4.85. The summed E-state index contributed by atoms with van der Waals surface area (Å²) in [6.45, 7) is 3.09. The number of piperidine rings is 1. The summed E-state index contributed by atoms with van der Waals surface area (Å²) in [7, 11) is 3.34. The average molecular weight is 371 g/mol. The highest BCUT2D eigenvalue weighted by Crippen LogP contribution is 2.20. The topological polar surface area (TPSA) is 72.8 Å². The lowest BCUT2D eigenvalue weighted by atomic mass is 10.1. The molecular formula is C20H25N3O4. The van der Waals surface area contributed by atoms with Gasteiger partial charge >= 0.3 is 6.03 Å². The first-order valence-corrected chi connectivity index (χ1v) is 9.00. The van der Waals surface area contributed by atoms with Gasteiger partial charge in [-0.05, 0) is 37.3 Å². The molecule has 7 nitrogen and oxygen atoms in total. The maximum absolute atomic E-state index is 12.4. The predicted octanol–water partition coefficient (Wildman–Crippen LogP) is 2.78. The van der Waals surface area contributed by atoms with Crippen LogP contribution in [0.1, 0.15) is 18.5 Å². The number of anilines is 1. The molecule has 1 aliphatic heterocycles. The number of carbonyl (C=O) groups excluding carboxylic acids is 1. The molecule has 3 rings (SSSR count). The lowest BCUT2D eigenvalue weighted by molar-refractivity contribution is 0.115. The molecule has 0 aliphatic carbocycles. The van der Waals surface area contributed by atoms with Crippen molar-refractivity contribution in [1.29, 1.82) is 0 Å². The highest BCUT2D eigenvalue weighted by Gasteiger charge is 2.24. The zero-order valence-corrected chi connectivity index (χ0v) is 15.9. The zero-order valence-electron chi connectivity index (χ0n) is 15.9. The number of rotatable bonds is 4. The van der Waals surface area contributed by atoms with E-state index in [0.29, 0.717) is 18.8 Å². The summed E-state index contributed by atoms with van der Waals surface area (Å²) in [6.07, 6.45) is 1.45. The van der Waals surface area contributed by atoms with Gasteiger partial charge < -0.3 is 24.3 Å². The first-order valence-electron chi connectivity index (χ1n) is 9.00. The molecule has 0 unspecified atom stereocenters. The lowest BCUT2D eigenvalue weighted by Gasteiger charge is -2.32. The van der Waals surface area contributed by atoms with Gasteiger partial charge in [0.15, 0.2) is 0 Å². The molecule has 0 saturated carbocycles. The fourth-order valence-electron chi connectivity index (χ4n) is 3.05. The SMILES string of the molecule is COc1ccc(NC(=O)N2CCC(Oc3cc(C)n(C)c(=O)c3)CC2)cc1. The molecule has 2 heterocycles. The molecule has 27 heavy (non-hydrogen) atoms. The fourth-order valence-corrected chi connectivity index (χ4v) is 3.05. The number of benzene rings is 1. The molecule has 1 N–H and O–H groups in total. The van der Waals surface area contributed by atoms with Crippen LogP contribution in [0.15, 0.2) is 41.2 Å². The molecule has 1 aromatic heterocycles. The normalized spacial score (nSPS) is 14.7. The second-order valence-electron chi connectivity index (χ2n) is 6.69. The Kier molecular flexibility index (Phi) is 5.69. The van der Waals surface area contributed by atoms with Crippen LogP contribution in [-0.4, -0.2) is 41.8 Å². The van der Waals surface area contributed by atoms with Gasteiger partial charge in [0.2, 0.25) is 0 Å². The summed E-state index contributed by atoms with van der Waals surface area (Å²) in [5, 5.41) is 2.90. The van der Waals surface area contributed by atoms with Crippen LogP contribution in [0.3, 0.4) is 0 Å². The number of hydrogen-bond acceptors (Lipinski definition) is 4. The molecule has 144 valence electrons. The Labute approximate surface area is 158 Å². The van der Waals surface area contributed by atoms with Gasteiger partial charge in [-0.25, -0.2) is 4.79 Å². The molecule has 1 saturated heterocycles. The first kappa shape index (κ1) is 18.8. The van der Waals surface area contributed by atoms with Crippen molar-refractivity contribution in [3.8, 4) is 11.5 Å². The Morgan fingerprint density at radius 1 is 1.11 bits per heavy atom. The van der Waals surface area contributed by atoms with E-state index in [9.17, 15) is 9.59 Å². The van der Waals surface area contributed by atoms with Crippen molar-refractivity contribution < 1.29 is 14.3 Å². The van der Waals surface area contributed by atoms with Gasteiger partial charge in [0.25, 0.3) is 5.56 Å². The van der Waals surface area contributed by atoms with Crippen molar-refractivity contribution >= 4 is 11.7 Å². The van der Waals surface area contributed by atoms with Crippen LogP contribution >= 0.6 is 0 Å². The number of aromatic nitrogens is 1. The van der Waals surface area contributed by atoms with E-state index < -0.39 is 0 Å². The van der Waals surface area contributed by atoms with Crippen LogP contribution in [-0.2, 0) is 7.05 Å². The van der Waals surface area contributed by atoms with Crippen molar-refractivity contribution in [2.24, 2.45) is 7.05 Å². The molecule has 7 heteroatoms. The van der Waals surface area contributed by atoms with Gasteiger partial charge in [-0.15, -0.1) is 0 Å². The molecule has 2 amide bonds. The number of likely N-dealkylation sites (tertiary alicyclic amines) is 1. The maximum atomic E-state index is 12.4. The van der Waals surface area contributed by atoms with Crippen LogP contribution < -0.4 is 20.3 Å². The van der Waals surface area contributed by atoms with E-state index in [1.54, 1.807) is 23.6 Å². The minimum Gasteiger partial charge on any atom is -0.497 e. The molecule has 1 fully saturated rings. The van der Waals surface area contributed by atoms with Gasteiger partial charge in [-0.3, -0.25) is 4.79 Å². The summed E-state index contributed by atoms with van der Waals surface area (Å²) >= 11 is 0. The standard InChI is InChI=1S/C20H25N3O4/c1-14-12-18(13-19(24)22(14)2)27-17-8-10-23(11-9-17)20(25)21-15-4-6-16(26-3)7-5-15/h4-7,12-13,17H,8-11H2,1-3H3,(H,21,25). The molecule has 0 bridgehead atoms. The minimum atomic E-state index is -0.122. The van der Waals surface area contributed by atoms with E-state index in [2.05, 4.69) is 5.32 Å². The van der Waals surface area contributed by atoms with Crippen LogP contribution in [0.5, 0.6) is 11.5 Å². The molecule has 0 atom stereocenters. The molecular weight excluding hydrogens is 346 g/mol. The number of ether oxygens (including phenoxy) is 2. The summed E-state index contributed by atoms with van der Waals surface area (Å²) in [5.41, 5.74) is 1.50. The van der Waals surface area contributed by atoms with E-state index in [0.717, 1.165) is 30.0 Å². The Hall–Kier alpha value is -2.96. The fraction of sp³-hybridized carbons (Fsp3) is 0.400. The largest absolute Gasteiger partial charge is 0.497 e.